The van der Waals surface area contributed by atoms with Crippen LogP contribution >= 0.6 is 0 Å². The first-order chi connectivity index (χ1) is 33.9. The molecule has 9 aromatic carbocycles. The standard InChI is InChI=1S/C64H48N6/c1-35-10-18-52-43(26-35)44-27-36(2)11-19-53(44)67(52)61-51(34-65)60(66-9)62(68-54-20-12-37(3)28-45(54)46-29-38(4)13-21-55(46)68)64(70-58-24-16-41(7)32-49(58)50-33-42(8)17-25-59(50)70)63(61)69-56-22-14-39(5)30-47(56)48-31-40(6)15-23-57(48)69/h10-33H,1-8H3. The Labute approximate surface area is 405 Å². The van der Waals surface area contributed by atoms with Gasteiger partial charge in [0.1, 0.15) is 0 Å². The minimum absolute atomic E-state index is 0.284. The van der Waals surface area contributed by atoms with Crippen molar-refractivity contribution in [2.75, 3.05) is 0 Å². The SMILES string of the molecule is [C-]#[N+]c1c(C#N)c(-n2c3ccc(C)cc3c3cc(C)ccc32)c(-n2c3ccc(C)cc3c3cc(C)ccc32)c(-n2c3ccc(C)cc3c3cc(C)ccc32)c1-n1c2ccc(C)cc2c2cc(C)ccc21. The second kappa shape index (κ2) is 14.8. The quantitative estimate of drug-likeness (QED) is 0.162. The van der Waals surface area contributed by atoms with Crippen molar-refractivity contribution < 1.29 is 0 Å². The van der Waals surface area contributed by atoms with Crippen molar-refractivity contribution >= 4 is 92.9 Å². The molecule has 0 aliphatic carbocycles. The van der Waals surface area contributed by atoms with E-state index in [0.29, 0.717) is 16.9 Å². The minimum Gasteiger partial charge on any atom is -0.317 e. The molecule has 334 valence electrons. The Morgan fingerprint density at radius 3 is 0.729 bits per heavy atom. The van der Waals surface area contributed by atoms with Crippen LogP contribution in [0.5, 0.6) is 0 Å². The van der Waals surface area contributed by atoms with Crippen molar-refractivity contribution in [2.24, 2.45) is 0 Å². The molecule has 0 bridgehead atoms. The number of aromatic nitrogens is 4. The highest BCUT2D eigenvalue weighted by molar-refractivity contribution is 6.17. The van der Waals surface area contributed by atoms with Crippen LogP contribution in [0.2, 0.25) is 0 Å². The maximum atomic E-state index is 12.2. The zero-order chi connectivity index (χ0) is 48.0. The lowest BCUT2D eigenvalue weighted by Gasteiger charge is -2.28. The Morgan fingerprint density at radius 1 is 0.314 bits per heavy atom. The van der Waals surface area contributed by atoms with Gasteiger partial charge in [0.25, 0.3) is 0 Å². The van der Waals surface area contributed by atoms with Crippen LogP contribution in [-0.4, -0.2) is 18.3 Å². The van der Waals surface area contributed by atoms with E-state index in [1.807, 2.05) is 0 Å². The van der Waals surface area contributed by atoms with Gasteiger partial charge in [0.2, 0.25) is 5.69 Å². The smallest absolute Gasteiger partial charge is 0.232 e. The fourth-order valence-electron chi connectivity index (χ4n) is 11.7. The van der Waals surface area contributed by atoms with E-state index in [1.165, 1.54) is 0 Å². The summed E-state index contributed by atoms with van der Waals surface area (Å²) < 4.78 is 9.41. The first-order valence-electron chi connectivity index (χ1n) is 24.0. The molecule has 0 unspecified atom stereocenters. The Hall–Kier alpha value is -8.84. The third-order valence-corrected chi connectivity index (χ3v) is 14.8. The molecule has 0 saturated carbocycles. The van der Waals surface area contributed by atoms with Crippen LogP contribution in [-0.2, 0) is 0 Å². The summed E-state index contributed by atoms with van der Waals surface area (Å²) in [5.41, 5.74) is 20.6. The van der Waals surface area contributed by atoms with Crippen LogP contribution in [0.15, 0.2) is 146 Å². The largest absolute Gasteiger partial charge is 0.317 e. The number of rotatable bonds is 4. The zero-order valence-corrected chi connectivity index (χ0v) is 40.5. The topological polar surface area (TPSA) is 47.9 Å². The van der Waals surface area contributed by atoms with Crippen LogP contribution in [0, 0.1) is 73.3 Å². The van der Waals surface area contributed by atoms with Gasteiger partial charge in [-0.25, -0.2) is 4.85 Å². The summed E-state index contributed by atoms with van der Waals surface area (Å²) in [6, 6.07) is 56.2. The van der Waals surface area contributed by atoms with E-state index in [1.54, 1.807) is 0 Å². The highest BCUT2D eigenvalue weighted by Gasteiger charge is 2.35. The van der Waals surface area contributed by atoms with E-state index < -0.39 is 0 Å². The summed E-state index contributed by atoms with van der Waals surface area (Å²) in [5, 5.41) is 21.0. The van der Waals surface area contributed by atoms with E-state index in [2.05, 4.69) is 230 Å². The van der Waals surface area contributed by atoms with Crippen molar-refractivity contribution in [1.29, 1.82) is 5.26 Å². The number of hydrogen-bond acceptors (Lipinski definition) is 1. The zero-order valence-electron chi connectivity index (χ0n) is 40.5. The minimum atomic E-state index is 0.284. The number of aryl methyl sites for hydroxylation is 8. The Bertz CT molecular complexity index is 4050. The highest BCUT2D eigenvalue weighted by Crippen LogP contribution is 2.52. The predicted molar refractivity (Wildman–Crippen MR) is 293 cm³/mol. The first kappa shape index (κ1) is 41.4. The van der Waals surface area contributed by atoms with E-state index in [9.17, 15) is 11.8 Å². The summed E-state index contributed by atoms with van der Waals surface area (Å²) in [6.07, 6.45) is 0. The number of hydrogen-bond donors (Lipinski definition) is 0. The van der Waals surface area contributed by atoms with E-state index in [0.717, 1.165) is 143 Å². The third-order valence-electron chi connectivity index (χ3n) is 14.8. The van der Waals surface area contributed by atoms with Crippen LogP contribution in [0.25, 0.3) is 115 Å². The number of fused-ring (bicyclic) bond motifs is 12. The molecule has 0 saturated heterocycles. The molecule has 6 heteroatoms. The molecule has 0 radical (unpaired) electrons. The van der Waals surface area contributed by atoms with E-state index in [-0.39, 0.29) is 5.69 Å². The summed E-state index contributed by atoms with van der Waals surface area (Å²) >= 11 is 0. The van der Waals surface area contributed by atoms with E-state index >= 15 is 0 Å². The lowest BCUT2D eigenvalue weighted by Crippen LogP contribution is -2.15. The lowest BCUT2D eigenvalue weighted by molar-refractivity contribution is 1.02. The first-order valence-corrected chi connectivity index (χ1v) is 24.0. The average Bonchev–Trinajstić information content (AvgIpc) is 4.03. The molecule has 13 aromatic rings. The fraction of sp³-hybridized carbons (Fsp3) is 0.125. The molecule has 4 heterocycles. The summed E-state index contributed by atoms with van der Waals surface area (Å²) in [6.45, 7) is 26.7. The van der Waals surface area contributed by atoms with Crippen LogP contribution in [0.3, 0.4) is 0 Å². The molecule has 0 fully saturated rings. The Kier molecular flexibility index (Phi) is 8.76. The molecule has 4 aromatic heterocycles. The molecule has 70 heavy (non-hydrogen) atoms. The van der Waals surface area contributed by atoms with Crippen molar-refractivity contribution in [1.82, 2.24) is 18.3 Å². The molecule has 0 N–H and O–H groups in total. The molecule has 0 aliphatic rings. The normalized spacial score (nSPS) is 12.0. The predicted octanol–water partition coefficient (Wildman–Crippen LogP) is 17.0. The van der Waals surface area contributed by atoms with Crippen LogP contribution < -0.4 is 0 Å². The van der Waals surface area contributed by atoms with Gasteiger partial charge in [-0.3, -0.25) is 0 Å². The lowest BCUT2D eigenvalue weighted by atomic mass is 10.0. The van der Waals surface area contributed by atoms with Gasteiger partial charge in [-0.15, -0.1) is 0 Å². The third kappa shape index (κ3) is 5.71. The molecule has 0 amide bonds. The Balaban J connectivity index is 1.41. The van der Waals surface area contributed by atoms with Gasteiger partial charge in [-0.2, -0.15) is 5.26 Å². The molecule has 0 atom stereocenters. The summed E-state index contributed by atoms with van der Waals surface area (Å²) in [4.78, 5) is 4.60. The van der Waals surface area contributed by atoms with Crippen molar-refractivity contribution in [3.05, 3.63) is 207 Å². The summed E-state index contributed by atoms with van der Waals surface area (Å²) in [5.74, 6) is 0. The second-order valence-corrected chi connectivity index (χ2v) is 19.8. The molecule has 13 rings (SSSR count). The van der Waals surface area contributed by atoms with Gasteiger partial charge < -0.3 is 18.3 Å². The van der Waals surface area contributed by atoms with Crippen molar-refractivity contribution in [2.45, 2.75) is 55.4 Å². The van der Waals surface area contributed by atoms with Crippen molar-refractivity contribution in [3.63, 3.8) is 0 Å². The van der Waals surface area contributed by atoms with Gasteiger partial charge in [-0.05, 0) is 152 Å². The van der Waals surface area contributed by atoms with Crippen LogP contribution in [0.1, 0.15) is 50.1 Å². The molecular weight excluding hydrogens is 853 g/mol. The number of nitriles is 1. The summed E-state index contributed by atoms with van der Waals surface area (Å²) in [7, 11) is 0. The second-order valence-electron chi connectivity index (χ2n) is 19.8. The number of nitrogens with zero attached hydrogens (tertiary/aromatic N) is 6. The van der Waals surface area contributed by atoms with E-state index in [4.69, 9.17) is 0 Å². The van der Waals surface area contributed by atoms with Gasteiger partial charge in [0.05, 0.1) is 85.1 Å². The van der Waals surface area contributed by atoms with Gasteiger partial charge in [-0.1, -0.05) is 93.0 Å². The fourth-order valence-corrected chi connectivity index (χ4v) is 11.7. The maximum absolute atomic E-state index is 12.2. The van der Waals surface area contributed by atoms with Crippen molar-refractivity contribution in [3.8, 4) is 28.8 Å². The number of benzene rings is 9. The van der Waals surface area contributed by atoms with Gasteiger partial charge >= 0.3 is 0 Å². The monoisotopic (exact) mass is 900 g/mol. The average molecular weight is 901 g/mol. The molecule has 0 aliphatic heterocycles. The van der Waals surface area contributed by atoms with Crippen LogP contribution in [0.4, 0.5) is 5.69 Å². The molecular formula is C64H48N6. The molecule has 6 nitrogen and oxygen atoms in total. The maximum Gasteiger partial charge on any atom is 0.232 e. The molecule has 0 spiro atoms. The van der Waals surface area contributed by atoms with Gasteiger partial charge in [0, 0.05) is 43.1 Å². The Morgan fingerprint density at radius 2 is 0.514 bits per heavy atom. The van der Waals surface area contributed by atoms with Gasteiger partial charge in [0.15, 0.2) is 0 Å². The highest BCUT2D eigenvalue weighted by atomic mass is 15.2.